The van der Waals surface area contributed by atoms with Gasteiger partial charge in [-0.2, -0.15) is 16.9 Å². The van der Waals surface area contributed by atoms with Gasteiger partial charge in [0.05, 0.1) is 5.52 Å². The van der Waals surface area contributed by atoms with Crippen LogP contribution in [0.2, 0.25) is 0 Å². The number of nitrogens with zero attached hydrogens (tertiary/aromatic N) is 2. The van der Waals surface area contributed by atoms with Gasteiger partial charge in [0.25, 0.3) is 5.91 Å². The van der Waals surface area contributed by atoms with Crippen LogP contribution < -0.4 is 0 Å². The molecule has 1 aromatic heterocycles. The maximum atomic E-state index is 12.6. The van der Waals surface area contributed by atoms with E-state index in [0.717, 1.165) is 24.0 Å². The third-order valence-corrected chi connectivity index (χ3v) is 4.61. The van der Waals surface area contributed by atoms with Crippen LogP contribution in [-0.4, -0.2) is 44.6 Å². The average Bonchev–Trinajstić information content (AvgIpc) is 2.80. The van der Waals surface area contributed by atoms with Crippen LogP contribution >= 0.6 is 11.8 Å². The summed E-state index contributed by atoms with van der Waals surface area (Å²) >= 11 is 1.94. The Bertz CT molecular complexity index is 600. The molecule has 1 aliphatic rings. The van der Waals surface area contributed by atoms with Gasteiger partial charge >= 0.3 is 0 Å². The number of thioether (sulfide) groups is 1. The quantitative estimate of drug-likeness (QED) is 0.870. The normalized spacial score (nSPS) is 23.8. The fourth-order valence-corrected chi connectivity index (χ4v) is 3.95. The van der Waals surface area contributed by atoms with E-state index < -0.39 is 0 Å². The number of hydrogen-bond acceptors (Lipinski definition) is 3. The minimum atomic E-state index is 0.0384. The van der Waals surface area contributed by atoms with Crippen molar-refractivity contribution in [2.45, 2.75) is 24.3 Å². The molecule has 1 aromatic carbocycles. The van der Waals surface area contributed by atoms with E-state index in [0.29, 0.717) is 16.2 Å². The van der Waals surface area contributed by atoms with Crippen molar-refractivity contribution in [3.05, 3.63) is 30.0 Å². The van der Waals surface area contributed by atoms with E-state index in [9.17, 15) is 4.79 Å². The van der Waals surface area contributed by atoms with Crippen molar-refractivity contribution in [2.24, 2.45) is 0 Å². The molecule has 0 bridgehead atoms. The van der Waals surface area contributed by atoms with Gasteiger partial charge in [-0.15, -0.1) is 0 Å². The van der Waals surface area contributed by atoms with E-state index in [1.54, 1.807) is 0 Å². The molecular formula is C14H17N3OS. The average molecular weight is 275 g/mol. The summed E-state index contributed by atoms with van der Waals surface area (Å²) in [6.07, 6.45) is 0. The lowest BCUT2D eigenvalue weighted by Crippen LogP contribution is -2.44. The monoisotopic (exact) mass is 275 g/mol. The van der Waals surface area contributed by atoms with E-state index in [2.05, 4.69) is 24.0 Å². The van der Waals surface area contributed by atoms with Gasteiger partial charge in [-0.05, 0) is 6.07 Å². The predicted octanol–water partition coefficient (Wildman–Crippen LogP) is 2.53. The van der Waals surface area contributed by atoms with E-state index in [-0.39, 0.29) is 5.91 Å². The van der Waals surface area contributed by atoms with Crippen molar-refractivity contribution < 1.29 is 4.79 Å². The highest BCUT2D eigenvalue weighted by atomic mass is 32.2. The number of fused-ring (bicyclic) bond motifs is 1. The summed E-state index contributed by atoms with van der Waals surface area (Å²) in [5.74, 6) is 0.0384. The van der Waals surface area contributed by atoms with Crippen molar-refractivity contribution in [1.29, 1.82) is 0 Å². The molecule has 1 aliphatic heterocycles. The number of benzene rings is 1. The maximum absolute atomic E-state index is 12.6. The Balaban J connectivity index is 1.91. The lowest BCUT2D eigenvalue weighted by molar-refractivity contribution is 0.0749. The first kappa shape index (κ1) is 12.5. The number of aromatic nitrogens is 2. The molecule has 2 atom stereocenters. The summed E-state index contributed by atoms with van der Waals surface area (Å²) in [6, 6.07) is 7.76. The number of H-pyrrole nitrogens is 1. The Hall–Kier alpha value is -1.49. The smallest absolute Gasteiger partial charge is 0.275 e. The number of para-hydroxylation sites is 1. The van der Waals surface area contributed by atoms with Gasteiger partial charge in [0.15, 0.2) is 5.69 Å². The topological polar surface area (TPSA) is 49.0 Å². The second-order valence-corrected chi connectivity index (χ2v) is 6.97. The molecule has 1 fully saturated rings. The zero-order chi connectivity index (χ0) is 13.4. The van der Waals surface area contributed by atoms with Crippen LogP contribution in [0, 0.1) is 0 Å². The highest BCUT2D eigenvalue weighted by Crippen LogP contribution is 2.26. The number of nitrogens with one attached hydrogen (secondary N) is 1. The summed E-state index contributed by atoms with van der Waals surface area (Å²) in [7, 11) is 0. The maximum Gasteiger partial charge on any atom is 0.275 e. The molecule has 3 rings (SSSR count). The first-order valence-electron chi connectivity index (χ1n) is 6.53. The molecule has 2 aromatic rings. The molecule has 0 spiro atoms. The second-order valence-electron chi connectivity index (χ2n) is 5.09. The molecular weight excluding hydrogens is 258 g/mol. The molecule has 1 amide bonds. The highest BCUT2D eigenvalue weighted by molar-refractivity contribution is 8.00. The van der Waals surface area contributed by atoms with Crippen molar-refractivity contribution in [3.63, 3.8) is 0 Å². The molecule has 4 nitrogen and oxygen atoms in total. The number of hydrogen-bond donors (Lipinski definition) is 1. The molecule has 2 heterocycles. The number of carbonyl (C=O) groups excluding carboxylic acids is 1. The van der Waals surface area contributed by atoms with Crippen molar-refractivity contribution in [2.75, 3.05) is 13.1 Å². The Kier molecular flexibility index (Phi) is 3.22. The number of rotatable bonds is 1. The van der Waals surface area contributed by atoms with Crippen molar-refractivity contribution >= 4 is 28.6 Å². The summed E-state index contributed by atoms with van der Waals surface area (Å²) in [5.41, 5.74) is 1.46. The van der Waals surface area contributed by atoms with Crippen LogP contribution in [0.15, 0.2) is 24.3 Å². The molecule has 0 aliphatic carbocycles. The molecule has 5 heteroatoms. The highest BCUT2D eigenvalue weighted by Gasteiger charge is 2.28. The standard InChI is InChI=1S/C14H17N3OS/c1-9-7-17(8-10(2)19-9)14(18)13-11-5-3-4-6-12(11)15-16-13/h3-6,9-10H,7-8H2,1-2H3,(H,15,16). The first-order valence-corrected chi connectivity index (χ1v) is 7.47. The van der Waals surface area contributed by atoms with Gasteiger partial charge < -0.3 is 4.90 Å². The van der Waals surface area contributed by atoms with Gasteiger partial charge in [0.2, 0.25) is 0 Å². The molecule has 0 saturated carbocycles. The SMILES string of the molecule is CC1CN(C(=O)c2n[nH]c3ccccc23)CC(C)S1. The van der Waals surface area contributed by atoms with Crippen LogP contribution in [0.5, 0.6) is 0 Å². The van der Waals surface area contributed by atoms with E-state index >= 15 is 0 Å². The lowest BCUT2D eigenvalue weighted by atomic mass is 10.2. The van der Waals surface area contributed by atoms with E-state index in [1.165, 1.54) is 0 Å². The number of carbonyl (C=O) groups is 1. The van der Waals surface area contributed by atoms with E-state index in [4.69, 9.17) is 0 Å². The van der Waals surface area contributed by atoms with Gasteiger partial charge in [-0.3, -0.25) is 9.89 Å². The van der Waals surface area contributed by atoms with E-state index in [1.807, 2.05) is 40.9 Å². The van der Waals surface area contributed by atoms with Gasteiger partial charge in [-0.1, -0.05) is 32.0 Å². The molecule has 100 valence electrons. The van der Waals surface area contributed by atoms with Gasteiger partial charge in [-0.25, -0.2) is 0 Å². The van der Waals surface area contributed by atoms with Crippen LogP contribution in [0.25, 0.3) is 10.9 Å². The van der Waals surface area contributed by atoms with Gasteiger partial charge in [0, 0.05) is 29.0 Å². The summed E-state index contributed by atoms with van der Waals surface area (Å²) in [5, 5.41) is 9.00. The largest absolute Gasteiger partial charge is 0.335 e. The molecule has 19 heavy (non-hydrogen) atoms. The Labute approximate surface area is 116 Å². The Morgan fingerprint density at radius 3 is 2.74 bits per heavy atom. The van der Waals surface area contributed by atoms with Crippen molar-refractivity contribution in [3.8, 4) is 0 Å². The van der Waals surface area contributed by atoms with Crippen LogP contribution in [0.1, 0.15) is 24.3 Å². The number of amides is 1. The van der Waals surface area contributed by atoms with Crippen LogP contribution in [0.3, 0.4) is 0 Å². The minimum absolute atomic E-state index is 0.0384. The summed E-state index contributed by atoms with van der Waals surface area (Å²) in [6.45, 7) is 5.94. The summed E-state index contributed by atoms with van der Waals surface area (Å²) in [4.78, 5) is 14.5. The zero-order valence-corrected chi connectivity index (χ0v) is 11.9. The molecule has 0 radical (unpaired) electrons. The van der Waals surface area contributed by atoms with Crippen LogP contribution in [0.4, 0.5) is 0 Å². The zero-order valence-electron chi connectivity index (χ0n) is 11.1. The fraction of sp³-hybridized carbons (Fsp3) is 0.429. The molecule has 1 N–H and O–H groups in total. The Morgan fingerprint density at radius 1 is 1.32 bits per heavy atom. The fourth-order valence-electron chi connectivity index (χ4n) is 2.62. The molecule has 2 unspecified atom stereocenters. The van der Waals surface area contributed by atoms with Crippen LogP contribution in [-0.2, 0) is 0 Å². The lowest BCUT2D eigenvalue weighted by Gasteiger charge is -2.34. The third-order valence-electron chi connectivity index (χ3n) is 3.38. The predicted molar refractivity (Wildman–Crippen MR) is 78.5 cm³/mol. The Morgan fingerprint density at radius 2 is 2.00 bits per heavy atom. The second kappa shape index (κ2) is 4.89. The van der Waals surface area contributed by atoms with Gasteiger partial charge in [0.1, 0.15) is 0 Å². The third kappa shape index (κ3) is 2.34. The minimum Gasteiger partial charge on any atom is -0.335 e. The number of aromatic amines is 1. The van der Waals surface area contributed by atoms with Crippen molar-refractivity contribution in [1.82, 2.24) is 15.1 Å². The molecule has 1 saturated heterocycles. The summed E-state index contributed by atoms with van der Waals surface area (Å²) < 4.78 is 0. The first-order chi connectivity index (χ1) is 9.15.